The zero-order chi connectivity index (χ0) is 8.97. The lowest BCUT2D eigenvalue weighted by atomic mass is 10.1. The maximum atomic E-state index is 11.2. The molecule has 1 unspecified atom stereocenters. The van der Waals surface area contributed by atoms with Gasteiger partial charge in [-0.15, -0.1) is 0 Å². The maximum absolute atomic E-state index is 11.2. The highest BCUT2D eigenvalue weighted by molar-refractivity contribution is 5.67. The average Bonchev–Trinajstić information content (AvgIpc) is 2.05. The number of hydrogen-bond donors (Lipinski definition) is 1. The molecule has 0 aromatic heterocycles. The van der Waals surface area contributed by atoms with E-state index in [0.29, 0.717) is 19.6 Å². The molecule has 70 valence electrons. The van der Waals surface area contributed by atoms with Crippen LogP contribution in [0.3, 0.4) is 0 Å². The molecular formula is C8H15NO3. The molecule has 1 amide bonds. The first kappa shape index (κ1) is 9.32. The molecule has 1 heterocycles. The Morgan fingerprint density at radius 1 is 1.67 bits per heavy atom. The Labute approximate surface area is 72.1 Å². The summed E-state index contributed by atoms with van der Waals surface area (Å²) in [7, 11) is 0. The fourth-order valence-electron chi connectivity index (χ4n) is 1.33. The molecule has 1 rings (SSSR count). The van der Waals surface area contributed by atoms with Crippen molar-refractivity contribution in [3.63, 3.8) is 0 Å². The van der Waals surface area contributed by atoms with Gasteiger partial charge in [0.05, 0.1) is 6.61 Å². The van der Waals surface area contributed by atoms with Gasteiger partial charge in [-0.1, -0.05) is 0 Å². The number of aliphatic hydroxyl groups is 1. The van der Waals surface area contributed by atoms with Crippen molar-refractivity contribution >= 4 is 6.09 Å². The highest BCUT2D eigenvalue weighted by Crippen LogP contribution is 2.15. The average molecular weight is 173 g/mol. The van der Waals surface area contributed by atoms with Crippen molar-refractivity contribution in [1.82, 2.24) is 4.90 Å². The van der Waals surface area contributed by atoms with Crippen molar-refractivity contribution in [2.45, 2.75) is 32.4 Å². The molecule has 1 N–H and O–H groups in total. The number of amides is 1. The number of likely N-dealkylation sites (tertiary alicyclic amines) is 1. The number of rotatable bonds is 1. The molecule has 4 heteroatoms. The predicted octanol–water partition coefficient (Wildman–Crippen LogP) is 0.947. The van der Waals surface area contributed by atoms with Crippen molar-refractivity contribution in [2.24, 2.45) is 0 Å². The largest absolute Gasteiger partial charge is 0.450 e. The zero-order valence-electron chi connectivity index (χ0n) is 7.32. The number of aliphatic hydroxyl groups excluding tert-OH is 1. The minimum Gasteiger partial charge on any atom is -0.450 e. The number of carbonyl (C=O) groups excluding carboxylic acids is 1. The number of nitrogens with zero attached hydrogens (tertiary/aromatic N) is 1. The summed E-state index contributed by atoms with van der Waals surface area (Å²) in [4.78, 5) is 12.5. The number of carbonyl (C=O) groups is 1. The third kappa shape index (κ3) is 2.11. The first-order valence-electron chi connectivity index (χ1n) is 4.37. The second-order valence-corrected chi connectivity index (χ2v) is 2.87. The molecular weight excluding hydrogens is 158 g/mol. The number of ether oxygens (including phenoxy) is 1. The molecule has 4 nitrogen and oxygen atoms in total. The van der Waals surface area contributed by atoms with Gasteiger partial charge < -0.3 is 9.84 Å². The van der Waals surface area contributed by atoms with Crippen LogP contribution in [-0.2, 0) is 4.74 Å². The van der Waals surface area contributed by atoms with Gasteiger partial charge in [0.2, 0.25) is 0 Å². The van der Waals surface area contributed by atoms with Crippen LogP contribution in [0.25, 0.3) is 0 Å². The summed E-state index contributed by atoms with van der Waals surface area (Å²) in [6.07, 6.45) is 1.56. The molecule has 1 aliphatic rings. The fourth-order valence-corrected chi connectivity index (χ4v) is 1.33. The maximum Gasteiger partial charge on any atom is 0.411 e. The van der Waals surface area contributed by atoms with Gasteiger partial charge in [-0.3, -0.25) is 4.90 Å². The second-order valence-electron chi connectivity index (χ2n) is 2.87. The Balaban J connectivity index is 2.42. The lowest BCUT2D eigenvalue weighted by Crippen LogP contribution is -2.43. The van der Waals surface area contributed by atoms with Gasteiger partial charge in [-0.2, -0.15) is 0 Å². The number of hydrogen-bond acceptors (Lipinski definition) is 3. The van der Waals surface area contributed by atoms with E-state index in [1.54, 1.807) is 6.92 Å². The molecule has 1 aliphatic heterocycles. The summed E-state index contributed by atoms with van der Waals surface area (Å²) < 4.78 is 4.78. The van der Waals surface area contributed by atoms with Crippen LogP contribution in [0.15, 0.2) is 0 Å². The molecule has 1 saturated heterocycles. The molecule has 0 saturated carbocycles. The molecule has 0 bridgehead atoms. The van der Waals surface area contributed by atoms with E-state index >= 15 is 0 Å². The summed E-state index contributed by atoms with van der Waals surface area (Å²) in [5.41, 5.74) is 0. The van der Waals surface area contributed by atoms with E-state index < -0.39 is 12.3 Å². The summed E-state index contributed by atoms with van der Waals surface area (Å²) in [6.45, 7) is 2.73. The van der Waals surface area contributed by atoms with Gasteiger partial charge >= 0.3 is 6.09 Å². The summed E-state index contributed by atoms with van der Waals surface area (Å²) in [5, 5.41) is 9.39. The monoisotopic (exact) mass is 173 g/mol. The van der Waals surface area contributed by atoms with E-state index in [2.05, 4.69) is 0 Å². The van der Waals surface area contributed by atoms with E-state index in [1.165, 1.54) is 4.90 Å². The van der Waals surface area contributed by atoms with E-state index in [1.807, 2.05) is 0 Å². The molecule has 12 heavy (non-hydrogen) atoms. The van der Waals surface area contributed by atoms with Gasteiger partial charge in [-0.25, -0.2) is 4.79 Å². The van der Waals surface area contributed by atoms with E-state index in [9.17, 15) is 9.90 Å². The molecule has 0 aliphatic carbocycles. The minimum atomic E-state index is -0.641. The van der Waals surface area contributed by atoms with Crippen LogP contribution in [0.4, 0.5) is 4.79 Å². The lowest BCUT2D eigenvalue weighted by Gasteiger charge is -2.30. The van der Waals surface area contributed by atoms with Crippen LogP contribution in [0, 0.1) is 0 Å². The Morgan fingerprint density at radius 2 is 2.42 bits per heavy atom. The van der Waals surface area contributed by atoms with E-state index in [0.717, 1.165) is 12.8 Å². The fraction of sp³-hybridized carbons (Fsp3) is 0.875. The van der Waals surface area contributed by atoms with Crippen molar-refractivity contribution in [3.05, 3.63) is 0 Å². The third-order valence-electron chi connectivity index (χ3n) is 1.97. The van der Waals surface area contributed by atoms with Crippen LogP contribution in [-0.4, -0.2) is 35.5 Å². The molecule has 0 aromatic carbocycles. The second kappa shape index (κ2) is 4.30. The first-order valence-corrected chi connectivity index (χ1v) is 4.37. The standard InChI is InChI=1S/C8H15NO3/c1-2-12-8(11)9-6-4-3-5-7(9)10/h7,10H,2-6H2,1H3. The summed E-state index contributed by atoms with van der Waals surface area (Å²) in [6, 6.07) is 0. The molecule has 0 radical (unpaired) electrons. The Morgan fingerprint density at radius 3 is 3.00 bits per heavy atom. The molecule has 1 atom stereocenters. The van der Waals surface area contributed by atoms with Crippen molar-refractivity contribution in [2.75, 3.05) is 13.2 Å². The zero-order valence-corrected chi connectivity index (χ0v) is 7.32. The highest BCUT2D eigenvalue weighted by atomic mass is 16.6. The van der Waals surface area contributed by atoms with Crippen LogP contribution < -0.4 is 0 Å². The van der Waals surface area contributed by atoms with Crippen molar-refractivity contribution in [1.29, 1.82) is 0 Å². The normalized spacial score (nSPS) is 23.8. The summed E-state index contributed by atoms with van der Waals surface area (Å²) >= 11 is 0. The smallest absolute Gasteiger partial charge is 0.411 e. The van der Waals surface area contributed by atoms with Crippen LogP contribution in [0.2, 0.25) is 0 Å². The highest BCUT2D eigenvalue weighted by Gasteiger charge is 2.25. The molecule has 0 spiro atoms. The van der Waals surface area contributed by atoms with Crippen LogP contribution >= 0.6 is 0 Å². The predicted molar refractivity (Wildman–Crippen MR) is 43.6 cm³/mol. The Kier molecular flexibility index (Phi) is 3.34. The SMILES string of the molecule is CCOC(=O)N1CCCCC1O. The van der Waals surface area contributed by atoms with Crippen molar-refractivity contribution < 1.29 is 14.6 Å². The molecule has 0 aromatic rings. The summed E-state index contributed by atoms with van der Waals surface area (Å²) in [5.74, 6) is 0. The van der Waals surface area contributed by atoms with Gasteiger partial charge in [-0.05, 0) is 26.2 Å². The molecule has 1 fully saturated rings. The number of piperidine rings is 1. The van der Waals surface area contributed by atoms with E-state index in [-0.39, 0.29) is 0 Å². The Hall–Kier alpha value is -0.770. The third-order valence-corrected chi connectivity index (χ3v) is 1.97. The minimum absolute atomic E-state index is 0.363. The first-order chi connectivity index (χ1) is 5.75. The van der Waals surface area contributed by atoms with Gasteiger partial charge in [0.1, 0.15) is 6.23 Å². The van der Waals surface area contributed by atoms with Gasteiger partial charge in [0, 0.05) is 6.54 Å². The van der Waals surface area contributed by atoms with Crippen molar-refractivity contribution in [3.8, 4) is 0 Å². The lowest BCUT2D eigenvalue weighted by molar-refractivity contribution is -0.0205. The van der Waals surface area contributed by atoms with Gasteiger partial charge in [0.15, 0.2) is 0 Å². The topological polar surface area (TPSA) is 49.8 Å². The van der Waals surface area contributed by atoms with Crippen LogP contribution in [0.5, 0.6) is 0 Å². The Bertz CT molecular complexity index is 160. The van der Waals surface area contributed by atoms with Gasteiger partial charge in [0.25, 0.3) is 0 Å². The van der Waals surface area contributed by atoms with Crippen LogP contribution in [0.1, 0.15) is 26.2 Å². The van der Waals surface area contributed by atoms with E-state index in [4.69, 9.17) is 4.74 Å². The quantitative estimate of drug-likeness (QED) is 0.642.